The predicted octanol–water partition coefficient (Wildman–Crippen LogP) is 2.98. The van der Waals surface area contributed by atoms with Gasteiger partial charge in [0.2, 0.25) is 0 Å². The lowest BCUT2D eigenvalue weighted by Crippen LogP contribution is -2.53. The van der Waals surface area contributed by atoms with E-state index in [0.29, 0.717) is 36.5 Å². The van der Waals surface area contributed by atoms with Crippen LogP contribution in [0, 0.1) is 5.92 Å². The number of hydrogen-bond donors (Lipinski definition) is 0. The number of nitrogens with zero attached hydrogens (tertiary/aromatic N) is 2. The Balaban J connectivity index is 1.71. The van der Waals surface area contributed by atoms with Crippen molar-refractivity contribution < 1.29 is 14.3 Å². The van der Waals surface area contributed by atoms with Crippen LogP contribution in [0.2, 0.25) is 5.15 Å². The highest BCUT2D eigenvalue weighted by atomic mass is 35.5. The molecule has 1 aliphatic heterocycles. The number of ether oxygens (including phenoxy) is 2. The molecule has 1 aromatic heterocycles. The van der Waals surface area contributed by atoms with Gasteiger partial charge in [0.1, 0.15) is 16.5 Å². The molecule has 0 radical (unpaired) electrons. The molecule has 1 aliphatic rings. The van der Waals surface area contributed by atoms with Crippen LogP contribution in [0.3, 0.4) is 0 Å². The van der Waals surface area contributed by atoms with Crippen molar-refractivity contribution in [2.24, 2.45) is 5.92 Å². The highest BCUT2D eigenvalue weighted by Gasteiger charge is 2.33. The Morgan fingerprint density at radius 1 is 1.50 bits per heavy atom. The Morgan fingerprint density at radius 2 is 2.20 bits per heavy atom. The van der Waals surface area contributed by atoms with Crippen LogP contribution < -0.4 is 4.74 Å². The lowest BCUT2D eigenvalue weighted by atomic mass is 10.0. The molecule has 0 saturated carbocycles. The lowest BCUT2D eigenvalue weighted by Gasteiger charge is -2.39. The summed E-state index contributed by atoms with van der Waals surface area (Å²) in [6.07, 6.45) is 1.34. The number of halogens is 1. The van der Waals surface area contributed by atoms with Gasteiger partial charge in [-0.1, -0.05) is 11.6 Å². The van der Waals surface area contributed by atoms with Crippen LogP contribution >= 0.6 is 11.6 Å². The minimum absolute atomic E-state index is 0.263. The largest absolute Gasteiger partial charge is 0.493 e. The van der Waals surface area contributed by atoms with Crippen LogP contribution in [0.5, 0.6) is 5.75 Å². The first kappa shape index (κ1) is 14.9. The van der Waals surface area contributed by atoms with Gasteiger partial charge in [0.05, 0.1) is 6.61 Å². The number of hydrogen-bond acceptors (Lipinski definition) is 4. The van der Waals surface area contributed by atoms with Crippen molar-refractivity contribution in [3.8, 4) is 5.75 Å². The van der Waals surface area contributed by atoms with Crippen LogP contribution in [0.25, 0.3) is 0 Å². The molecule has 0 aliphatic carbocycles. The fourth-order valence-electron chi connectivity index (χ4n) is 1.84. The average Bonchev–Trinajstić information content (AvgIpc) is 2.24. The van der Waals surface area contributed by atoms with Crippen LogP contribution in [0.15, 0.2) is 18.3 Å². The van der Waals surface area contributed by atoms with E-state index in [1.54, 1.807) is 23.2 Å². The second kappa shape index (κ2) is 5.87. The molecule has 0 atom stereocenters. The van der Waals surface area contributed by atoms with E-state index in [1.165, 1.54) is 0 Å². The van der Waals surface area contributed by atoms with Crippen molar-refractivity contribution in [3.63, 3.8) is 0 Å². The van der Waals surface area contributed by atoms with E-state index in [4.69, 9.17) is 21.1 Å². The van der Waals surface area contributed by atoms with Crippen molar-refractivity contribution in [3.05, 3.63) is 23.5 Å². The fourth-order valence-corrected chi connectivity index (χ4v) is 2.00. The van der Waals surface area contributed by atoms with E-state index in [1.807, 2.05) is 20.8 Å². The molecule has 1 aromatic rings. The number of aromatic nitrogens is 1. The number of carbonyl (C=O) groups is 1. The standard InChI is InChI=1S/C14H19ClN2O3/c1-14(2,3)20-13(18)17-7-10(8-17)9-19-11-4-5-16-12(15)6-11/h4-6,10H,7-9H2,1-3H3. The first-order valence-electron chi connectivity index (χ1n) is 6.56. The molecular weight excluding hydrogens is 280 g/mol. The second-order valence-electron chi connectivity index (χ2n) is 5.88. The minimum Gasteiger partial charge on any atom is -0.493 e. The first-order valence-corrected chi connectivity index (χ1v) is 6.93. The van der Waals surface area contributed by atoms with E-state index in [2.05, 4.69) is 4.98 Å². The summed E-state index contributed by atoms with van der Waals surface area (Å²) in [5.41, 5.74) is -0.452. The van der Waals surface area contributed by atoms with E-state index in [-0.39, 0.29) is 6.09 Å². The molecule has 5 nitrogen and oxygen atoms in total. The second-order valence-corrected chi connectivity index (χ2v) is 6.26. The topological polar surface area (TPSA) is 51.7 Å². The SMILES string of the molecule is CC(C)(C)OC(=O)N1CC(COc2ccnc(Cl)c2)C1. The van der Waals surface area contributed by atoms with Gasteiger partial charge in [-0.3, -0.25) is 0 Å². The molecular formula is C14H19ClN2O3. The van der Waals surface area contributed by atoms with Crippen molar-refractivity contribution in [1.82, 2.24) is 9.88 Å². The molecule has 0 N–H and O–H groups in total. The highest BCUT2D eigenvalue weighted by Crippen LogP contribution is 2.21. The third-order valence-electron chi connectivity index (χ3n) is 2.79. The number of carbonyl (C=O) groups excluding carboxylic acids is 1. The Bertz CT molecular complexity index is 482. The lowest BCUT2D eigenvalue weighted by molar-refractivity contribution is -0.00781. The zero-order valence-corrected chi connectivity index (χ0v) is 12.7. The van der Waals surface area contributed by atoms with E-state index < -0.39 is 5.60 Å². The van der Waals surface area contributed by atoms with Gasteiger partial charge in [-0.25, -0.2) is 9.78 Å². The maximum absolute atomic E-state index is 11.7. The molecule has 110 valence electrons. The highest BCUT2D eigenvalue weighted by molar-refractivity contribution is 6.29. The number of likely N-dealkylation sites (tertiary alicyclic amines) is 1. The van der Waals surface area contributed by atoms with E-state index in [9.17, 15) is 4.79 Å². The summed E-state index contributed by atoms with van der Waals surface area (Å²) >= 11 is 5.77. The smallest absolute Gasteiger partial charge is 0.410 e. The minimum atomic E-state index is -0.452. The van der Waals surface area contributed by atoms with Crippen LogP contribution in [0.1, 0.15) is 20.8 Å². The van der Waals surface area contributed by atoms with Crippen molar-refractivity contribution in [1.29, 1.82) is 0 Å². The summed E-state index contributed by atoms with van der Waals surface area (Å²) < 4.78 is 10.9. The van der Waals surface area contributed by atoms with E-state index >= 15 is 0 Å². The van der Waals surface area contributed by atoms with Crippen molar-refractivity contribution >= 4 is 17.7 Å². The summed E-state index contributed by atoms with van der Waals surface area (Å²) in [4.78, 5) is 17.3. The van der Waals surface area contributed by atoms with Gasteiger partial charge in [0, 0.05) is 31.3 Å². The average molecular weight is 299 g/mol. The zero-order chi connectivity index (χ0) is 14.8. The Kier molecular flexibility index (Phi) is 4.38. The summed E-state index contributed by atoms with van der Waals surface area (Å²) in [5.74, 6) is 1.02. The van der Waals surface area contributed by atoms with Gasteiger partial charge in [-0.15, -0.1) is 0 Å². The molecule has 0 spiro atoms. The Morgan fingerprint density at radius 3 is 2.80 bits per heavy atom. The van der Waals surface area contributed by atoms with Gasteiger partial charge in [0.25, 0.3) is 0 Å². The fraction of sp³-hybridized carbons (Fsp3) is 0.571. The monoisotopic (exact) mass is 298 g/mol. The van der Waals surface area contributed by atoms with Crippen LogP contribution in [0.4, 0.5) is 4.79 Å². The molecule has 0 aromatic carbocycles. The van der Waals surface area contributed by atoms with Crippen LogP contribution in [-0.4, -0.2) is 41.3 Å². The van der Waals surface area contributed by atoms with Gasteiger partial charge in [-0.05, 0) is 26.8 Å². The molecule has 2 heterocycles. The third-order valence-corrected chi connectivity index (χ3v) is 3.00. The molecule has 1 amide bonds. The number of rotatable bonds is 3. The maximum Gasteiger partial charge on any atom is 0.410 e. The normalized spacial score (nSPS) is 15.7. The zero-order valence-electron chi connectivity index (χ0n) is 11.9. The van der Waals surface area contributed by atoms with E-state index in [0.717, 1.165) is 0 Å². The van der Waals surface area contributed by atoms with Gasteiger partial charge < -0.3 is 14.4 Å². The van der Waals surface area contributed by atoms with Gasteiger partial charge in [0.15, 0.2) is 0 Å². The van der Waals surface area contributed by atoms with Gasteiger partial charge >= 0.3 is 6.09 Å². The molecule has 0 unspecified atom stereocenters. The number of pyridine rings is 1. The summed E-state index contributed by atoms with van der Waals surface area (Å²) in [6, 6.07) is 3.43. The maximum atomic E-state index is 11.7. The quantitative estimate of drug-likeness (QED) is 0.805. The molecule has 6 heteroatoms. The third kappa shape index (κ3) is 4.27. The Hall–Kier alpha value is -1.49. The van der Waals surface area contributed by atoms with Gasteiger partial charge in [-0.2, -0.15) is 0 Å². The molecule has 2 rings (SSSR count). The molecule has 1 fully saturated rings. The summed E-state index contributed by atoms with van der Waals surface area (Å²) in [5, 5.41) is 0.409. The summed E-state index contributed by atoms with van der Waals surface area (Å²) in [6.45, 7) is 7.45. The van der Waals surface area contributed by atoms with Crippen LogP contribution in [-0.2, 0) is 4.74 Å². The summed E-state index contributed by atoms with van der Waals surface area (Å²) in [7, 11) is 0. The Labute approximate surface area is 123 Å². The van der Waals surface area contributed by atoms with Crippen molar-refractivity contribution in [2.45, 2.75) is 26.4 Å². The molecule has 20 heavy (non-hydrogen) atoms. The van der Waals surface area contributed by atoms with Crippen molar-refractivity contribution in [2.75, 3.05) is 19.7 Å². The first-order chi connectivity index (χ1) is 9.33. The molecule has 1 saturated heterocycles. The number of amides is 1. The predicted molar refractivity (Wildman–Crippen MR) is 76.0 cm³/mol. The molecule has 0 bridgehead atoms.